The molecule has 0 radical (unpaired) electrons. The first-order chi connectivity index (χ1) is 11.9. The van der Waals surface area contributed by atoms with Crippen molar-refractivity contribution in [2.24, 2.45) is 0 Å². The number of aryl methyl sites for hydroxylation is 1. The van der Waals surface area contributed by atoms with Gasteiger partial charge in [-0.1, -0.05) is 51.7 Å². The molecular weight excluding hydrogens is 336 g/mol. The Hall–Kier alpha value is -1.07. The van der Waals surface area contributed by atoms with Crippen LogP contribution in [-0.2, 0) is 23.0 Å². The number of rotatable bonds is 13. The normalized spacial score (nSPS) is 13.0. The van der Waals surface area contributed by atoms with E-state index in [9.17, 15) is 8.42 Å². The fourth-order valence-electron chi connectivity index (χ4n) is 2.95. The lowest BCUT2D eigenvalue weighted by Gasteiger charge is -2.20. The molecule has 0 aliphatic heterocycles. The Labute approximate surface area is 153 Å². The van der Waals surface area contributed by atoms with Crippen LogP contribution in [0.2, 0.25) is 0 Å². The van der Waals surface area contributed by atoms with E-state index in [0.29, 0.717) is 0 Å². The van der Waals surface area contributed by atoms with Crippen molar-refractivity contribution in [3.05, 3.63) is 29.3 Å². The van der Waals surface area contributed by atoms with Crippen molar-refractivity contribution in [1.29, 1.82) is 0 Å². The summed E-state index contributed by atoms with van der Waals surface area (Å²) < 4.78 is 36.8. The highest BCUT2D eigenvalue weighted by molar-refractivity contribution is 7.85. The highest BCUT2D eigenvalue weighted by Gasteiger charge is 2.14. The molecule has 0 aliphatic rings. The number of hydrogen-bond donors (Lipinski definition) is 1. The summed E-state index contributed by atoms with van der Waals surface area (Å²) in [6.45, 7) is 6.26. The monoisotopic (exact) mass is 370 g/mol. The van der Waals surface area contributed by atoms with Gasteiger partial charge in [-0.3, -0.25) is 4.55 Å². The van der Waals surface area contributed by atoms with Crippen molar-refractivity contribution in [1.82, 2.24) is 0 Å². The Kier molecular flexibility index (Phi) is 10.1. The molecule has 1 rings (SSSR count). The number of unbranched alkanes of at least 4 members (excludes halogenated alkanes) is 4. The van der Waals surface area contributed by atoms with Crippen molar-refractivity contribution in [2.45, 2.75) is 84.7 Å². The molecule has 1 aromatic carbocycles. The van der Waals surface area contributed by atoms with Crippen molar-refractivity contribution >= 4 is 10.1 Å². The Morgan fingerprint density at radius 3 is 2.28 bits per heavy atom. The zero-order chi connectivity index (χ0) is 18.7. The van der Waals surface area contributed by atoms with E-state index >= 15 is 0 Å². The van der Waals surface area contributed by atoms with Crippen LogP contribution in [-0.4, -0.2) is 24.8 Å². The van der Waals surface area contributed by atoms with Crippen molar-refractivity contribution < 1.29 is 17.7 Å². The quantitative estimate of drug-likeness (QED) is 0.383. The van der Waals surface area contributed by atoms with E-state index < -0.39 is 10.1 Å². The molecule has 1 unspecified atom stereocenters. The van der Waals surface area contributed by atoms with Crippen LogP contribution in [0.1, 0.15) is 76.8 Å². The summed E-state index contributed by atoms with van der Waals surface area (Å²) in [5.74, 6) is 0.600. The first-order valence-corrected chi connectivity index (χ1v) is 11.2. The highest BCUT2D eigenvalue weighted by atomic mass is 32.2. The lowest BCUT2D eigenvalue weighted by Crippen LogP contribution is -2.18. The van der Waals surface area contributed by atoms with Gasteiger partial charge in [0.1, 0.15) is 5.75 Å². The van der Waals surface area contributed by atoms with E-state index in [0.717, 1.165) is 25.0 Å². The first-order valence-electron chi connectivity index (χ1n) is 9.60. The third kappa shape index (κ3) is 9.26. The van der Waals surface area contributed by atoms with Gasteiger partial charge in [-0.2, -0.15) is 8.42 Å². The third-order valence-electron chi connectivity index (χ3n) is 4.42. The van der Waals surface area contributed by atoms with Gasteiger partial charge in [-0.05, 0) is 49.8 Å². The minimum absolute atomic E-state index is 0.252. The first kappa shape index (κ1) is 22.0. The van der Waals surface area contributed by atoms with Crippen molar-refractivity contribution in [3.8, 4) is 5.75 Å². The molecule has 5 heteroatoms. The van der Waals surface area contributed by atoms with Gasteiger partial charge < -0.3 is 4.74 Å². The van der Waals surface area contributed by atoms with Gasteiger partial charge in [0.2, 0.25) is 0 Å². The fraction of sp³-hybridized carbons (Fsp3) is 0.700. The fourth-order valence-corrected chi connectivity index (χ4v) is 3.58. The summed E-state index contributed by atoms with van der Waals surface area (Å²) in [6.07, 6.45) is 9.21. The molecule has 144 valence electrons. The van der Waals surface area contributed by atoms with Gasteiger partial charge in [0.25, 0.3) is 10.1 Å². The maximum absolute atomic E-state index is 10.9. The molecule has 0 amide bonds. The topological polar surface area (TPSA) is 63.6 Å². The molecule has 0 aliphatic carbocycles. The zero-order valence-corrected chi connectivity index (χ0v) is 16.8. The van der Waals surface area contributed by atoms with E-state index in [4.69, 9.17) is 9.29 Å². The predicted octanol–water partition coefficient (Wildman–Crippen LogP) is 5.20. The second-order valence-electron chi connectivity index (χ2n) is 6.81. The number of benzene rings is 1. The zero-order valence-electron chi connectivity index (χ0n) is 16.0. The molecule has 1 atom stereocenters. The molecule has 1 N–H and O–H groups in total. The number of ether oxygens (including phenoxy) is 1. The lowest BCUT2D eigenvalue weighted by molar-refractivity contribution is 0.214. The summed E-state index contributed by atoms with van der Waals surface area (Å²) >= 11 is 0. The second-order valence-corrected chi connectivity index (χ2v) is 8.38. The van der Waals surface area contributed by atoms with Gasteiger partial charge in [-0.25, -0.2) is 0 Å². The van der Waals surface area contributed by atoms with E-state index in [1.807, 2.05) is 19.1 Å². The molecule has 0 saturated carbocycles. The standard InChI is InChI=1S/C20H34O4S/c1-4-6-8-11-18-12-10-14-20(19(18)13-9-7-5-2)24-17(3)15-16-25(21,22)23/h10,12,14,17H,4-9,11,13,15-16H2,1-3H3,(H,21,22,23). The summed E-state index contributed by atoms with van der Waals surface area (Å²) in [7, 11) is -3.94. The van der Waals surface area contributed by atoms with Crippen LogP contribution in [0, 0.1) is 0 Å². The maximum atomic E-state index is 10.9. The van der Waals surface area contributed by atoms with Crippen LogP contribution in [0.25, 0.3) is 0 Å². The van der Waals surface area contributed by atoms with E-state index in [-0.39, 0.29) is 18.3 Å². The molecule has 0 spiro atoms. The smallest absolute Gasteiger partial charge is 0.264 e. The highest BCUT2D eigenvalue weighted by Crippen LogP contribution is 2.27. The van der Waals surface area contributed by atoms with E-state index in [1.54, 1.807) is 0 Å². The predicted molar refractivity (Wildman–Crippen MR) is 104 cm³/mol. The molecule has 0 bridgehead atoms. The lowest BCUT2D eigenvalue weighted by atomic mass is 9.96. The Bertz CT molecular complexity index is 596. The minimum Gasteiger partial charge on any atom is -0.490 e. The number of hydrogen-bond acceptors (Lipinski definition) is 3. The van der Waals surface area contributed by atoms with Crippen LogP contribution in [0.5, 0.6) is 5.75 Å². The molecule has 0 heterocycles. The molecule has 25 heavy (non-hydrogen) atoms. The molecule has 0 fully saturated rings. The van der Waals surface area contributed by atoms with Crippen LogP contribution in [0.4, 0.5) is 0 Å². The molecule has 1 aromatic rings. The Morgan fingerprint density at radius 1 is 1.04 bits per heavy atom. The Morgan fingerprint density at radius 2 is 1.68 bits per heavy atom. The summed E-state index contributed by atoms with van der Waals surface area (Å²) in [5.41, 5.74) is 2.62. The van der Waals surface area contributed by atoms with Crippen molar-refractivity contribution in [2.75, 3.05) is 5.75 Å². The summed E-state index contributed by atoms with van der Waals surface area (Å²) in [6, 6.07) is 6.19. The van der Waals surface area contributed by atoms with Gasteiger partial charge in [-0.15, -0.1) is 0 Å². The average molecular weight is 371 g/mol. The van der Waals surface area contributed by atoms with Crippen LogP contribution in [0.15, 0.2) is 18.2 Å². The molecule has 4 nitrogen and oxygen atoms in total. The molecular formula is C20H34O4S. The van der Waals surface area contributed by atoms with Gasteiger partial charge in [0.05, 0.1) is 11.9 Å². The van der Waals surface area contributed by atoms with E-state index in [2.05, 4.69) is 19.9 Å². The SMILES string of the molecule is CCCCCc1cccc(OC(C)CCS(=O)(=O)O)c1CCCCC. The summed E-state index contributed by atoms with van der Waals surface area (Å²) in [5, 5.41) is 0. The second kappa shape index (κ2) is 11.5. The van der Waals surface area contributed by atoms with Crippen LogP contribution in [0.3, 0.4) is 0 Å². The average Bonchev–Trinajstić information content (AvgIpc) is 2.55. The largest absolute Gasteiger partial charge is 0.490 e. The van der Waals surface area contributed by atoms with Gasteiger partial charge in [0, 0.05) is 6.42 Å². The molecule has 0 aromatic heterocycles. The van der Waals surface area contributed by atoms with Crippen LogP contribution >= 0.6 is 0 Å². The molecule has 0 saturated heterocycles. The van der Waals surface area contributed by atoms with E-state index in [1.165, 1.54) is 43.2 Å². The third-order valence-corrected chi connectivity index (χ3v) is 5.17. The maximum Gasteiger partial charge on any atom is 0.264 e. The Balaban J connectivity index is 2.85. The van der Waals surface area contributed by atoms with Crippen molar-refractivity contribution in [3.63, 3.8) is 0 Å². The minimum atomic E-state index is -3.94. The van der Waals surface area contributed by atoms with Gasteiger partial charge >= 0.3 is 0 Å². The van der Waals surface area contributed by atoms with Gasteiger partial charge in [0.15, 0.2) is 0 Å². The van der Waals surface area contributed by atoms with Crippen LogP contribution < -0.4 is 4.74 Å². The summed E-state index contributed by atoms with van der Waals surface area (Å²) in [4.78, 5) is 0.